The number of fused-ring (bicyclic) bond motifs is 1. The van der Waals surface area contributed by atoms with Gasteiger partial charge in [0.2, 0.25) is 0 Å². The number of rotatable bonds is 3. The molecule has 2 heterocycles. The third kappa shape index (κ3) is 2.15. The Labute approximate surface area is 128 Å². The summed E-state index contributed by atoms with van der Waals surface area (Å²) in [7, 11) is 4.06. The van der Waals surface area contributed by atoms with Crippen molar-refractivity contribution in [3.05, 3.63) is 34.7 Å². The molecule has 0 fully saturated rings. The number of nitrogens with one attached hydrogen (secondary N) is 1. The summed E-state index contributed by atoms with van der Waals surface area (Å²) >= 11 is 5.50. The Morgan fingerprint density at radius 3 is 2.48 bits per heavy atom. The quantitative estimate of drug-likeness (QED) is 0.755. The van der Waals surface area contributed by atoms with E-state index in [1.165, 1.54) is 0 Å². The van der Waals surface area contributed by atoms with E-state index < -0.39 is 0 Å². The van der Waals surface area contributed by atoms with Crippen LogP contribution in [0.2, 0.25) is 0 Å². The zero-order valence-corrected chi connectivity index (χ0v) is 13.5. The maximum Gasteiger partial charge on any atom is 0.184 e. The van der Waals surface area contributed by atoms with Crippen LogP contribution in [0.15, 0.2) is 24.3 Å². The highest BCUT2D eigenvalue weighted by Crippen LogP contribution is 2.23. The number of hydrogen-bond donors (Lipinski definition) is 1. The van der Waals surface area contributed by atoms with Crippen LogP contribution in [0.4, 0.5) is 5.69 Å². The average molecular weight is 301 g/mol. The molecular weight excluding hydrogens is 282 g/mol. The zero-order chi connectivity index (χ0) is 15.1. The summed E-state index contributed by atoms with van der Waals surface area (Å²) in [6, 6.07) is 8.35. The summed E-state index contributed by atoms with van der Waals surface area (Å²) in [5.74, 6) is 0. The maximum atomic E-state index is 5.50. The largest absolute Gasteiger partial charge is 0.378 e. The molecule has 6 heteroatoms. The number of nitrogens with zero attached hydrogens (tertiary/aromatic N) is 4. The van der Waals surface area contributed by atoms with E-state index in [1.54, 1.807) is 0 Å². The van der Waals surface area contributed by atoms with Gasteiger partial charge in [-0.1, -0.05) is 0 Å². The number of aromatic amines is 1. The van der Waals surface area contributed by atoms with E-state index in [9.17, 15) is 0 Å². The van der Waals surface area contributed by atoms with Crippen molar-refractivity contribution in [3.63, 3.8) is 0 Å². The summed E-state index contributed by atoms with van der Waals surface area (Å²) in [5, 5.41) is 4.55. The molecule has 1 aromatic carbocycles. The summed E-state index contributed by atoms with van der Waals surface area (Å²) in [5.41, 5.74) is 5.22. The van der Waals surface area contributed by atoms with Crippen LogP contribution in [-0.4, -0.2) is 33.4 Å². The first-order chi connectivity index (χ1) is 10.0. The van der Waals surface area contributed by atoms with Crippen molar-refractivity contribution in [3.8, 4) is 5.69 Å². The van der Waals surface area contributed by atoms with Crippen molar-refractivity contribution in [2.45, 2.75) is 20.4 Å². The van der Waals surface area contributed by atoms with Gasteiger partial charge >= 0.3 is 0 Å². The van der Waals surface area contributed by atoms with Crippen molar-refractivity contribution in [2.75, 3.05) is 19.0 Å². The van der Waals surface area contributed by atoms with Crippen molar-refractivity contribution in [1.82, 2.24) is 19.3 Å². The fourth-order valence-corrected chi connectivity index (χ4v) is 2.86. The molecule has 0 aliphatic heterocycles. The van der Waals surface area contributed by atoms with Gasteiger partial charge in [0.1, 0.15) is 5.52 Å². The molecule has 0 atom stereocenters. The molecule has 0 saturated heterocycles. The highest BCUT2D eigenvalue weighted by Gasteiger charge is 2.15. The average Bonchev–Trinajstić information content (AvgIpc) is 2.96. The molecule has 0 radical (unpaired) electrons. The smallest absolute Gasteiger partial charge is 0.184 e. The zero-order valence-electron chi connectivity index (χ0n) is 12.7. The number of hydrogen-bond acceptors (Lipinski definition) is 3. The van der Waals surface area contributed by atoms with E-state index >= 15 is 0 Å². The topological polar surface area (TPSA) is 41.8 Å². The molecule has 0 amide bonds. The third-order valence-electron chi connectivity index (χ3n) is 3.67. The molecule has 5 nitrogen and oxygen atoms in total. The van der Waals surface area contributed by atoms with Gasteiger partial charge in [0.05, 0.1) is 11.4 Å². The first kappa shape index (κ1) is 13.9. The van der Waals surface area contributed by atoms with E-state index in [1.807, 2.05) is 30.3 Å². The standard InChI is InChI=1S/C15H19N5S/c1-5-19-14-13(10(2)17-19)16-15(21)20(14)12-8-6-11(7-9-12)18(3)4/h6-9H,5H2,1-4H3,(H,16,21). The Bertz CT molecular complexity index is 835. The second kappa shape index (κ2) is 5.04. The fourth-order valence-electron chi connectivity index (χ4n) is 2.56. The highest BCUT2D eigenvalue weighted by atomic mass is 32.1. The molecule has 110 valence electrons. The van der Waals surface area contributed by atoms with Crippen LogP contribution in [0.1, 0.15) is 12.6 Å². The Hall–Kier alpha value is -2.08. The summed E-state index contributed by atoms with van der Waals surface area (Å²) in [6.07, 6.45) is 0. The minimum atomic E-state index is 0.699. The molecule has 1 N–H and O–H groups in total. The van der Waals surface area contributed by atoms with Gasteiger partial charge in [0.25, 0.3) is 0 Å². The maximum absolute atomic E-state index is 5.50. The molecule has 2 aromatic heterocycles. The fraction of sp³-hybridized carbons (Fsp3) is 0.333. The predicted octanol–water partition coefficient (Wildman–Crippen LogP) is 3.28. The van der Waals surface area contributed by atoms with Crippen molar-refractivity contribution >= 4 is 29.1 Å². The number of aryl methyl sites for hydroxylation is 2. The van der Waals surface area contributed by atoms with Gasteiger partial charge in [0, 0.05) is 26.3 Å². The minimum Gasteiger partial charge on any atom is -0.378 e. The third-order valence-corrected chi connectivity index (χ3v) is 3.96. The Balaban J connectivity index is 2.24. The van der Waals surface area contributed by atoms with Crippen LogP contribution in [0.3, 0.4) is 0 Å². The van der Waals surface area contributed by atoms with Crippen LogP contribution in [0.25, 0.3) is 16.9 Å². The molecule has 3 aromatic rings. The second-order valence-electron chi connectivity index (χ2n) is 5.28. The van der Waals surface area contributed by atoms with Crippen LogP contribution in [-0.2, 0) is 6.54 Å². The lowest BCUT2D eigenvalue weighted by Crippen LogP contribution is -2.08. The van der Waals surface area contributed by atoms with Gasteiger partial charge in [-0.2, -0.15) is 5.10 Å². The lowest BCUT2D eigenvalue weighted by molar-refractivity contribution is 0.662. The van der Waals surface area contributed by atoms with Gasteiger partial charge in [-0.3, -0.25) is 4.57 Å². The van der Waals surface area contributed by atoms with E-state index in [4.69, 9.17) is 12.2 Å². The van der Waals surface area contributed by atoms with Crippen molar-refractivity contribution in [2.24, 2.45) is 0 Å². The van der Waals surface area contributed by atoms with Gasteiger partial charge in [-0.25, -0.2) is 4.68 Å². The second-order valence-corrected chi connectivity index (χ2v) is 5.66. The van der Waals surface area contributed by atoms with Crippen LogP contribution < -0.4 is 4.90 Å². The molecule has 0 bridgehead atoms. The van der Waals surface area contributed by atoms with Crippen molar-refractivity contribution in [1.29, 1.82) is 0 Å². The summed E-state index contributed by atoms with van der Waals surface area (Å²) in [4.78, 5) is 5.35. The summed E-state index contributed by atoms with van der Waals surface area (Å²) < 4.78 is 4.73. The lowest BCUT2D eigenvalue weighted by Gasteiger charge is -2.13. The first-order valence-corrected chi connectivity index (χ1v) is 7.39. The normalized spacial score (nSPS) is 11.2. The Morgan fingerprint density at radius 1 is 1.24 bits per heavy atom. The van der Waals surface area contributed by atoms with Crippen LogP contribution >= 0.6 is 12.2 Å². The SMILES string of the molecule is CCn1nc(C)c2[nH]c(=S)n(-c3ccc(N(C)C)cc3)c21. The van der Waals surface area contributed by atoms with E-state index in [0.29, 0.717) is 4.77 Å². The molecule has 0 saturated carbocycles. The number of imidazole rings is 1. The number of H-pyrrole nitrogens is 1. The molecule has 21 heavy (non-hydrogen) atoms. The van der Waals surface area contributed by atoms with E-state index in [0.717, 1.165) is 34.8 Å². The first-order valence-electron chi connectivity index (χ1n) is 6.98. The van der Waals surface area contributed by atoms with Crippen molar-refractivity contribution < 1.29 is 0 Å². The Kier molecular flexibility index (Phi) is 3.33. The Morgan fingerprint density at radius 2 is 1.90 bits per heavy atom. The van der Waals surface area contributed by atoms with E-state index in [2.05, 4.69) is 46.2 Å². The monoisotopic (exact) mass is 301 g/mol. The summed E-state index contributed by atoms with van der Waals surface area (Å²) in [6.45, 7) is 4.90. The number of benzene rings is 1. The molecule has 0 spiro atoms. The van der Waals surface area contributed by atoms with Crippen LogP contribution in [0.5, 0.6) is 0 Å². The van der Waals surface area contributed by atoms with Gasteiger partial charge in [-0.05, 0) is 50.3 Å². The number of aromatic nitrogens is 4. The van der Waals surface area contributed by atoms with Gasteiger partial charge < -0.3 is 9.88 Å². The number of anilines is 1. The molecular formula is C15H19N5S. The van der Waals surface area contributed by atoms with E-state index in [-0.39, 0.29) is 0 Å². The highest BCUT2D eigenvalue weighted by molar-refractivity contribution is 7.71. The van der Waals surface area contributed by atoms with Gasteiger partial charge in [0.15, 0.2) is 10.4 Å². The lowest BCUT2D eigenvalue weighted by atomic mass is 10.2. The van der Waals surface area contributed by atoms with Gasteiger partial charge in [-0.15, -0.1) is 0 Å². The molecule has 3 rings (SSSR count). The molecule has 0 unspecified atom stereocenters. The van der Waals surface area contributed by atoms with Crippen LogP contribution in [0, 0.1) is 11.7 Å². The predicted molar refractivity (Wildman–Crippen MR) is 89.0 cm³/mol. The minimum absolute atomic E-state index is 0.699. The molecule has 0 aliphatic rings. The molecule has 0 aliphatic carbocycles.